The average Bonchev–Trinajstić information content (AvgIpc) is 3.06. The van der Waals surface area contributed by atoms with E-state index in [2.05, 4.69) is 55.5 Å². The molecule has 0 radical (unpaired) electrons. The molecule has 2 aromatic carbocycles. The molecule has 0 unspecified atom stereocenters. The third-order valence-corrected chi connectivity index (χ3v) is 5.68. The monoisotopic (exact) mass is 315 g/mol. The van der Waals surface area contributed by atoms with Crippen molar-refractivity contribution in [1.29, 1.82) is 5.41 Å². The van der Waals surface area contributed by atoms with E-state index in [0.29, 0.717) is 5.92 Å². The van der Waals surface area contributed by atoms with Gasteiger partial charge in [0.25, 0.3) is 0 Å². The van der Waals surface area contributed by atoms with E-state index in [9.17, 15) is 0 Å². The molecule has 0 saturated heterocycles. The average molecular weight is 315 g/mol. The zero-order chi connectivity index (χ0) is 16.5. The molecule has 2 aromatic rings. The number of benzene rings is 2. The Bertz CT molecular complexity index is 847. The maximum atomic E-state index is 8.93. The first kappa shape index (κ1) is 15.4. The minimum absolute atomic E-state index is 0.439. The number of hydrogen-bond acceptors (Lipinski definition) is 1. The van der Waals surface area contributed by atoms with Gasteiger partial charge in [0.15, 0.2) is 0 Å². The first-order valence-electron chi connectivity index (χ1n) is 9.22. The maximum absolute atomic E-state index is 8.93. The highest BCUT2D eigenvalue weighted by molar-refractivity contribution is 6.07. The molecule has 1 saturated carbocycles. The lowest BCUT2D eigenvalue weighted by Crippen LogP contribution is -2.19. The van der Waals surface area contributed by atoms with Crippen LogP contribution in [0.25, 0.3) is 16.3 Å². The predicted molar refractivity (Wildman–Crippen MR) is 104 cm³/mol. The number of rotatable bonds is 3. The lowest BCUT2D eigenvalue weighted by molar-refractivity contribution is 0.438. The Labute approximate surface area is 144 Å². The molecule has 1 heteroatoms. The van der Waals surface area contributed by atoms with Gasteiger partial charge < -0.3 is 5.41 Å². The fourth-order valence-corrected chi connectivity index (χ4v) is 4.26. The standard InChI is InChI=1S/C23H25N/c1-16-8-7-13-20(16)21-14-18-11-5-6-12-19(18)15-22(21)23(24)17-9-3-2-4-10-17/h5-8,11-12,14-15,17,24H,2-4,9-10,13H2,1H3. The van der Waals surface area contributed by atoms with Crippen molar-refractivity contribution in [2.75, 3.05) is 0 Å². The van der Waals surface area contributed by atoms with Crippen molar-refractivity contribution in [2.24, 2.45) is 5.92 Å². The van der Waals surface area contributed by atoms with Crippen molar-refractivity contribution >= 4 is 22.1 Å². The molecule has 2 aliphatic carbocycles. The summed E-state index contributed by atoms with van der Waals surface area (Å²) in [5.41, 5.74) is 6.06. The minimum atomic E-state index is 0.439. The van der Waals surface area contributed by atoms with Gasteiger partial charge in [-0.25, -0.2) is 0 Å². The van der Waals surface area contributed by atoms with Gasteiger partial charge in [-0.05, 0) is 65.8 Å². The summed E-state index contributed by atoms with van der Waals surface area (Å²) in [6.07, 6.45) is 11.7. The Hall–Kier alpha value is -2.15. The molecule has 0 aliphatic heterocycles. The third-order valence-electron chi connectivity index (χ3n) is 5.68. The number of fused-ring (bicyclic) bond motifs is 1. The summed E-state index contributed by atoms with van der Waals surface area (Å²) in [6.45, 7) is 2.20. The van der Waals surface area contributed by atoms with Crippen molar-refractivity contribution < 1.29 is 0 Å². The zero-order valence-corrected chi connectivity index (χ0v) is 14.4. The summed E-state index contributed by atoms with van der Waals surface area (Å²) in [4.78, 5) is 0. The summed E-state index contributed by atoms with van der Waals surface area (Å²) >= 11 is 0. The van der Waals surface area contributed by atoms with E-state index in [0.717, 1.165) is 12.1 Å². The van der Waals surface area contributed by atoms with Gasteiger partial charge in [0.1, 0.15) is 0 Å². The maximum Gasteiger partial charge on any atom is 0.0423 e. The van der Waals surface area contributed by atoms with E-state index in [-0.39, 0.29) is 0 Å². The van der Waals surface area contributed by atoms with Crippen LogP contribution < -0.4 is 0 Å². The second-order valence-electron chi connectivity index (χ2n) is 7.26. The Morgan fingerprint density at radius 3 is 2.38 bits per heavy atom. The second-order valence-corrected chi connectivity index (χ2v) is 7.26. The predicted octanol–water partition coefficient (Wildman–Crippen LogP) is 6.52. The lowest BCUT2D eigenvalue weighted by atomic mass is 9.80. The SMILES string of the molecule is CC1=C(c2cc3ccccc3cc2C(=N)C2CCCCC2)CC=C1. The van der Waals surface area contributed by atoms with Crippen molar-refractivity contribution in [3.05, 3.63) is 65.3 Å². The molecule has 0 atom stereocenters. The Kier molecular flexibility index (Phi) is 4.10. The first-order chi connectivity index (χ1) is 11.7. The van der Waals surface area contributed by atoms with Crippen LogP contribution in [0.3, 0.4) is 0 Å². The van der Waals surface area contributed by atoms with Gasteiger partial charge >= 0.3 is 0 Å². The minimum Gasteiger partial charge on any atom is -0.304 e. The van der Waals surface area contributed by atoms with Gasteiger partial charge in [-0.3, -0.25) is 0 Å². The molecule has 0 amide bonds. The van der Waals surface area contributed by atoms with Gasteiger partial charge in [-0.15, -0.1) is 0 Å². The molecule has 1 N–H and O–H groups in total. The van der Waals surface area contributed by atoms with E-state index in [1.807, 2.05) is 0 Å². The van der Waals surface area contributed by atoms with E-state index in [1.54, 1.807) is 0 Å². The molecule has 0 aromatic heterocycles. The molecular formula is C23H25N. The quantitative estimate of drug-likeness (QED) is 0.623. The van der Waals surface area contributed by atoms with Crippen molar-refractivity contribution in [3.63, 3.8) is 0 Å². The molecular weight excluding hydrogens is 290 g/mol. The molecule has 122 valence electrons. The molecule has 4 rings (SSSR count). The highest BCUT2D eigenvalue weighted by Crippen LogP contribution is 2.36. The van der Waals surface area contributed by atoms with Crippen LogP contribution in [-0.2, 0) is 0 Å². The summed E-state index contributed by atoms with van der Waals surface area (Å²) in [5, 5.41) is 11.5. The molecule has 1 nitrogen and oxygen atoms in total. The summed E-state index contributed by atoms with van der Waals surface area (Å²) in [6, 6.07) is 13.1. The van der Waals surface area contributed by atoms with Crippen LogP contribution in [0, 0.1) is 11.3 Å². The van der Waals surface area contributed by atoms with Crippen LogP contribution in [0.1, 0.15) is 56.6 Å². The fourth-order valence-electron chi connectivity index (χ4n) is 4.26. The van der Waals surface area contributed by atoms with E-state index in [4.69, 9.17) is 5.41 Å². The van der Waals surface area contributed by atoms with Gasteiger partial charge in [0.2, 0.25) is 0 Å². The van der Waals surface area contributed by atoms with E-state index < -0.39 is 0 Å². The number of allylic oxidation sites excluding steroid dienone is 4. The van der Waals surface area contributed by atoms with Crippen LogP contribution in [0.4, 0.5) is 0 Å². The van der Waals surface area contributed by atoms with Gasteiger partial charge in [0.05, 0.1) is 0 Å². The van der Waals surface area contributed by atoms with Crippen molar-refractivity contribution in [2.45, 2.75) is 45.4 Å². The Morgan fingerprint density at radius 1 is 1.00 bits per heavy atom. The Balaban J connectivity index is 1.85. The Morgan fingerprint density at radius 2 is 1.71 bits per heavy atom. The third kappa shape index (κ3) is 2.73. The van der Waals surface area contributed by atoms with Gasteiger partial charge in [-0.2, -0.15) is 0 Å². The van der Waals surface area contributed by atoms with E-state index >= 15 is 0 Å². The van der Waals surface area contributed by atoms with E-state index in [1.165, 1.54) is 65.1 Å². The smallest absolute Gasteiger partial charge is 0.0423 e. The highest BCUT2D eigenvalue weighted by Gasteiger charge is 2.23. The van der Waals surface area contributed by atoms with Crippen LogP contribution in [-0.4, -0.2) is 5.71 Å². The van der Waals surface area contributed by atoms with Crippen LogP contribution in [0.15, 0.2) is 54.1 Å². The second kappa shape index (κ2) is 6.39. The molecule has 24 heavy (non-hydrogen) atoms. The van der Waals surface area contributed by atoms with Crippen molar-refractivity contribution in [3.8, 4) is 0 Å². The van der Waals surface area contributed by atoms with Crippen LogP contribution in [0.5, 0.6) is 0 Å². The molecule has 0 spiro atoms. The number of hydrogen-bond donors (Lipinski definition) is 1. The molecule has 2 aliphatic rings. The molecule has 0 bridgehead atoms. The van der Waals surface area contributed by atoms with Crippen LogP contribution in [0.2, 0.25) is 0 Å². The van der Waals surface area contributed by atoms with Gasteiger partial charge in [-0.1, -0.05) is 55.7 Å². The van der Waals surface area contributed by atoms with Crippen LogP contribution >= 0.6 is 0 Å². The molecule has 0 heterocycles. The summed E-state index contributed by atoms with van der Waals surface area (Å²) in [5.74, 6) is 0.439. The fraction of sp³-hybridized carbons (Fsp3) is 0.348. The summed E-state index contributed by atoms with van der Waals surface area (Å²) < 4.78 is 0. The normalized spacial score (nSPS) is 18.5. The first-order valence-corrected chi connectivity index (χ1v) is 9.22. The zero-order valence-electron chi connectivity index (χ0n) is 14.4. The van der Waals surface area contributed by atoms with Gasteiger partial charge in [0, 0.05) is 17.2 Å². The molecule has 1 fully saturated rings. The van der Waals surface area contributed by atoms with Crippen molar-refractivity contribution in [1.82, 2.24) is 0 Å². The lowest BCUT2D eigenvalue weighted by Gasteiger charge is -2.25. The largest absolute Gasteiger partial charge is 0.304 e. The summed E-state index contributed by atoms with van der Waals surface area (Å²) in [7, 11) is 0. The number of nitrogens with one attached hydrogen (secondary N) is 1. The highest BCUT2D eigenvalue weighted by atomic mass is 14.5. The topological polar surface area (TPSA) is 23.9 Å².